The van der Waals surface area contributed by atoms with Crippen LogP contribution in [-0.2, 0) is 25.1 Å². The highest BCUT2D eigenvalue weighted by atomic mass is 31.2. The van der Waals surface area contributed by atoms with Gasteiger partial charge in [-0.05, 0) is 51.3 Å². The minimum absolute atomic E-state index is 0.0419. The van der Waals surface area contributed by atoms with Gasteiger partial charge in [-0.2, -0.15) is 0 Å². The Balaban J connectivity index is 1.57. The minimum Gasteiger partial charge on any atom is -0.350 e. The summed E-state index contributed by atoms with van der Waals surface area (Å²) in [6.07, 6.45) is 5.68. The van der Waals surface area contributed by atoms with Crippen LogP contribution in [0.4, 0.5) is 4.39 Å². The Labute approximate surface area is 228 Å². The van der Waals surface area contributed by atoms with E-state index in [0.29, 0.717) is 30.4 Å². The van der Waals surface area contributed by atoms with Gasteiger partial charge in [0.25, 0.3) is 0 Å². The fourth-order valence-electron chi connectivity index (χ4n) is 5.05. The summed E-state index contributed by atoms with van der Waals surface area (Å²) in [6, 6.07) is 5.94. The SMILES string of the molecule is CCCCOP(=O)(O)n1nc(CN2CCO[C@H](O[C@H](C)c3cc(C)cc(C)c3)[C@@H]2C2C=CC(F)=CC2)[nH]c1=O. The lowest BCUT2D eigenvalue weighted by Gasteiger charge is -2.44. The Bertz CT molecular complexity index is 1290. The van der Waals surface area contributed by atoms with Gasteiger partial charge in [0.05, 0.1) is 31.9 Å². The van der Waals surface area contributed by atoms with Crippen molar-refractivity contribution < 1.29 is 27.8 Å². The number of rotatable bonds is 11. The molecule has 4 rings (SSSR count). The van der Waals surface area contributed by atoms with E-state index < -0.39 is 19.7 Å². The summed E-state index contributed by atoms with van der Waals surface area (Å²) in [5, 5.41) is 4.10. The minimum atomic E-state index is -4.43. The molecule has 1 aromatic heterocycles. The lowest BCUT2D eigenvalue weighted by Crippen LogP contribution is -2.55. The van der Waals surface area contributed by atoms with Crippen LogP contribution in [0.25, 0.3) is 0 Å². The highest BCUT2D eigenvalue weighted by molar-refractivity contribution is 7.50. The first-order valence-corrected chi connectivity index (χ1v) is 14.9. The highest BCUT2D eigenvalue weighted by Gasteiger charge is 2.40. The van der Waals surface area contributed by atoms with Gasteiger partial charge in [0.15, 0.2) is 6.29 Å². The van der Waals surface area contributed by atoms with E-state index in [9.17, 15) is 18.6 Å². The van der Waals surface area contributed by atoms with Crippen molar-refractivity contribution in [1.82, 2.24) is 19.4 Å². The van der Waals surface area contributed by atoms with E-state index in [1.54, 1.807) is 0 Å². The average molecular weight is 565 g/mol. The number of aryl methyl sites for hydroxylation is 2. The lowest BCUT2D eigenvalue weighted by molar-refractivity contribution is -0.235. The molecule has 0 radical (unpaired) electrons. The first-order valence-electron chi connectivity index (χ1n) is 13.4. The van der Waals surface area contributed by atoms with Crippen LogP contribution in [-0.4, -0.2) is 56.4 Å². The van der Waals surface area contributed by atoms with E-state index in [-0.39, 0.29) is 42.9 Å². The fourth-order valence-corrected chi connectivity index (χ4v) is 6.02. The van der Waals surface area contributed by atoms with E-state index in [1.807, 2.05) is 33.8 Å². The molecule has 12 heteroatoms. The highest BCUT2D eigenvalue weighted by Crippen LogP contribution is 2.41. The summed E-state index contributed by atoms with van der Waals surface area (Å²) in [6.45, 7) is 9.05. The van der Waals surface area contributed by atoms with Crippen molar-refractivity contribution in [2.24, 2.45) is 5.92 Å². The van der Waals surface area contributed by atoms with Gasteiger partial charge in [-0.25, -0.2) is 13.8 Å². The van der Waals surface area contributed by atoms with Gasteiger partial charge in [-0.3, -0.25) is 14.4 Å². The molecular formula is C27H38FN4O6P. The van der Waals surface area contributed by atoms with Gasteiger partial charge in [-0.1, -0.05) is 48.7 Å². The number of nitrogens with one attached hydrogen (secondary N) is 1. The van der Waals surface area contributed by atoms with Crippen LogP contribution in [0.15, 0.2) is 47.0 Å². The standard InChI is InChI=1S/C27H38FN4O6P/c1-5-6-12-37-39(34,35)32-27(33)29-24(30-32)17-31-11-13-36-26(25(31)21-7-9-23(28)10-8-21)38-20(4)22-15-18(2)14-19(3)16-22/h7,9-10,14-16,20-21,25-26H,5-6,8,11-13,17H2,1-4H3,(H,34,35)(H,29,30,33)/t20-,21?,25+,26-/m1/s1. The van der Waals surface area contributed by atoms with Gasteiger partial charge in [0.2, 0.25) is 0 Å². The van der Waals surface area contributed by atoms with Gasteiger partial charge < -0.3 is 14.4 Å². The van der Waals surface area contributed by atoms with Gasteiger partial charge in [-0.15, -0.1) is 9.55 Å². The van der Waals surface area contributed by atoms with Crippen LogP contribution < -0.4 is 5.69 Å². The van der Waals surface area contributed by atoms with Crippen molar-refractivity contribution in [2.75, 3.05) is 19.8 Å². The second kappa shape index (κ2) is 12.8. The molecule has 2 unspecified atom stereocenters. The number of aromatic amines is 1. The maximum atomic E-state index is 13.8. The van der Waals surface area contributed by atoms with Crippen molar-refractivity contribution >= 4 is 7.75 Å². The Morgan fingerprint density at radius 3 is 2.72 bits per heavy atom. The number of benzene rings is 1. The summed E-state index contributed by atoms with van der Waals surface area (Å²) in [5.74, 6) is -0.209. The van der Waals surface area contributed by atoms with Crippen LogP contribution >= 0.6 is 7.75 Å². The molecule has 1 aromatic carbocycles. The Hall–Kier alpha value is -2.40. The number of H-pyrrole nitrogens is 1. The number of hydrogen-bond acceptors (Lipinski definition) is 7. The number of hydrogen-bond donors (Lipinski definition) is 2. The van der Waals surface area contributed by atoms with Crippen LogP contribution in [0.5, 0.6) is 0 Å². The molecular weight excluding hydrogens is 526 g/mol. The number of nitrogens with zero attached hydrogens (tertiary/aromatic N) is 3. The number of allylic oxidation sites excluding steroid dienone is 3. The Morgan fingerprint density at radius 1 is 1.31 bits per heavy atom. The number of aromatic nitrogens is 3. The zero-order valence-electron chi connectivity index (χ0n) is 22.9. The summed E-state index contributed by atoms with van der Waals surface area (Å²) >= 11 is 0. The van der Waals surface area contributed by atoms with E-state index in [0.717, 1.165) is 23.1 Å². The second-order valence-corrected chi connectivity index (χ2v) is 11.8. The van der Waals surface area contributed by atoms with Gasteiger partial charge >= 0.3 is 13.4 Å². The first-order chi connectivity index (χ1) is 18.6. The molecule has 2 heterocycles. The molecule has 39 heavy (non-hydrogen) atoms. The smallest absolute Gasteiger partial charge is 0.350 e. The predicted molar refractivity (Wildman–Crippen MR) is 145 cm³/mol. The zero-order chi connectivity index (χ0) is 28.2. The Kier molecular flexibility index (Phi) is 9.74. The number of halogens is 1. The molecule has 1 aliphatic carbocycles. The monoisotopic (exact) mass is 564 g/mol. The molecule has 1 aliphatic heterocycles. The van der Waals surface area contributed by atoms with Crippen molar-refractivity contribution in [2.45, 2.75) is 71.9 Å². The van der Waals surface area contributed by atoms with Gasteiger partial charge in [0.1, 0.15) is 11.7 Å². The van der Waals surface area contributed by atoms with E-state index in [1.165, 1.54) is 12.2 Å². The van der Waals surface area contributed by atoms with Gasteiger partial charge in [0, 0.05) is 12.5 Å². The third-order valence-electron chi connectivity index (χ3n) is 6.94. The second-order valence-electron chi connectivity index (χ2n) is 10.2. The zero-order valence-corrected chi connectivity index (χ0v) is 23.8. The summed E-state index contributed by atoms with van der Waals surface area (Å²) < 4.78 is 44.6. The van der Waals surface area contributed by atoms with Crippen LogP contribution in [0.3, 0.4) is 0 Å². The number of unbranched alkanes of at least 4 members (excludes halogenated alkanes) is 1. The molecule has 0 amide bonds. The number of morpholine rings is 1. The number of ether oxygens (including phenoxy) is 2. The van der Waals surface area contributed by atoms with E-state index >= 15 is 0 Å². The van der Waals surface area contributed by atoms with Crippen LogP contribution in [0.2, 0.25) is 0 Å². The molecule has 0 saturated carbocycles. The molecule has 2 N–H and O–H groups in total. The molecule has 0 bridgehead atoms. The molecule has 2 aromatic rings. The van der Waals surface area contributed by atoms with Crippen molar-refractivity contribution in [3.63, 3.8) is 0 Å². The maximum Gasteiger partial charge on any atom is 0.457 e. The first kappa shape index (κ1) is 29.6. The summed E-state index contributed by atoms with van der Waals surface area (Å²) in [5.41, 5.74) is 2.48. The maximum absolute atomic E-state index is 13.8. The lowest BCUT2D eigenvalue weighted by atomic mass is 9.89. The van der Waals surface area contributed by atoms with Crippen molar-refractivity contribution in [3.05, 3.63) is 75.3 Å². The molecule has 10 nitrogen and oxygen atoms in total. The topological polar surface area (TPSA) is 119 Å². The van der Waals surface area contributed by atoms with Crippen LogP contribution in [0, 0.1) is 19.8 Å². The molecule has 2 aliphatic rings. The molecule has 5 atom stereocenters. The van der Waals surface area contributed by atoms with Crippen LogP contribution in [0.1, 0.15) is 61.7 Å². The molecule has 1 saturated heterocycles. The summed E-state index contributed by atoms with van der Waals surface area (Å²) in [7, 11) is -4.43. The largest absolute Gasteiger partial charge is 0.457 e. The predicted octanol–water partition coefficient (Wildman–Crippen LogP) is 4.69. The summed E-state index contributed by atoms with van der Waals surface area (Å²) in [4.78, 5) is 27.4. The fraction of sp³-hybridized carbons (Fsp3) is 0.556. The normalized spacial score (nSPS) is 24.4. The third kappa shape index (κ3) is 7.42. The van der Waals surface area contributed by atoms with E-state index in [4.69, 9.17) is 14.0 Å². The Morgan fingerprint density at radius 2 is 2.05 bits per heavy atom. The average Bonchev–Trinajstić information content (AvgIpc) is 3.25. The van der Waals surface area contributed by atoms with E-state index in [2.05, 4.69) is 33.2 Å². The quantitative estimate of drug-likeness (QED) is 0.298. The van der Waals surface area contributed by atoms with Crippen molar-refractivity contribution in [1.29, 1.82) is 0 Å². The third-order valence-corrected chi connectivity index (χ3v) is 8.21. The molecule has 1 fully saturated rings. The van der Waals surface area contributed by atoms with Crippen molar-refractivity contribution in [3.8, 4) is 0 Å². The molecule has 0 spiro atoms. The molecule has 214 valence electrons.